The molecule has 0 radical (unpaired) electrons. The summed E-state index contributed by atoms with van der Waals surface area (Å²) in [6.07, 6.45) is 0. The molecule has 0 aromatic carbocycles. The predicted molar refractivity (Wildman–Crippen MR) is 194 cm³/mol. The first-order valence-electron chi connectivity index (χ1n) is 16.9. The van der Waals surface area contributed by atoms with E-state index in [0.717, 1.165) is 0 Å². The van der Waals surface area contributed by atoms with Crippen LogP contribution in [0.1, 0.15) is 166 Å². The van der Waals surface area contributed by atoms with Gasteiger partial charge in [0.1, 0.15) is 0 Å². The van der Waals surface area contributed by atoms with Crippen LogP contribution in [-0.4, -0.2) is 81.0 Å². The summed E-state index contributed by atoms with van der Waals surface area (Å²) in [5, 5.41) is 0. The summed E-state index contributed by atoms with van der Waals surface area (Å²) in [5.41, 5.74) is -6.98. The molecule has 288 valence electrons. The summed E-state index contributed by atoms with van der Waals surface area (Å²) >= 11 is 0. The van der Waals surface area contributed by atoms with Gasteiger partial charge in [0.25, 0.3) is 0 Å². The maximum absolute atomic E-state index is 7.15. The van der Waals surface area contributed by atoms with E-state index in [1.807, 2.05) is 166 Å². The van der Waals surface area contributed by atoms with Gasteiger partial charge in [0, 0.05) is 0 Å². The Balaban J connectivity index is 4.66. The van der Waals surface area contributed by atoms with Gasteiger partial charge < -0.3 is 51.9 Å². The van der Waals surface area contributed by atoms with E-state index in [0.29, 0.717) is 0 Å². The van der Waals surface area contributed by atoms with E-state index >= 15 is 0 Å². The second-order valence-electron chi connectivity index (χ2n) is 20.1. The summed E-state index contributed by atoms with van der Waals surface area (Å²) in [6, 6.07) is 0. The minimum Gasteiger partial charge on any atom is -0.347 e. The fourth-order valence-electron chi connectivity index (χ4n) is 4.11. The molecule has 48 heavy (non-hydrogen) atoms. The molecule has 0 amide bonds. The zero-order valence-electron chi connectivity index (χ0n) is 34.9. The molecule has 1 rings (SSSR count). The molecule has 0 unspecified atom stereocenters. The molecular formula is C32H72O12Si4. The molecule has 12 nitrogen and oxygen atoms in total. The van der Waals surface area contributed by atoms with Gasteiger partial charge in [0.05, 0.1) is 44.8 Å². The van der Waals surface area contributed by atoms with Gasteiger partial charge >= 0.3 is 36.2 Å². The number of hydrogen-bond donors (Lipinski definition) is 0. The first kappa shape index (κ1) is 46.4. The van der Waals surface area contributed by atoms with E-state index in [1.165, 1.54) is 0 Å². The first-order chi connectivity index (χ1) is 20.5. The number of rotatable bonds is 8. The molecule has 0 spiro atoms. The van der Waals surface area contributed by atoms with Crippen LogP contribution < -0.4 is 0 Å². The average molecular weight is 761 g/mol. The summed E-state index contributed by atoms with van der Waals surface area (Å²) in [4.78, 5) is 0. The Kier molecular flexibility index (Phi) is 13.8. The topological polar surface area (TPSA) is 111 Å². The molecule has 1 heterocycles. The maximum atomic E-state index is 7.15. The van der Waals surface area contributed by atoms with Crippen molar-refractivity contribution < 1.29 is 51.9 Å². The van der Waals surface area contributed by atoms with E-state index in [9.17, 15) is 0 Å². The van der Waals surface area contributed by atoms with Crippen LogP contribution in [-0.2, 0) is 51.9 Å². The fourth-order valence-corrected chi connectivity index (χ4v) is 20.0. The molecule has 1 fully saturated rings. The van der Waals surface area contributed by atoms with Crippen LogP contribution in [0.2, 0.25) is 0 Å². The van der Waals surface area contributed by atoms with Crippen molar-refractivity contribution in [1.29, 1.82) is 0 Å². The molecule has 1 aliphatic heterocycles. The van der Waals surface area contributed by atoms with Gasteiger partial charge in [-0.2, -0.15) is 0 Å². The van der Waals surface area contributed by atoms with Crippen LogP contribution in [0.3, 0.4) is 0 Å². The Morgan fingerprint density at radius 3 is 0.354 bits per heavy atom. The van der Waals surface area contributed by atoms with Crippen LogP contribution in [0.4, 0.5) is 0 Å². The highest BCUT2D eigenvalue weighted by molar-refractivity contribution is 6.83. The smallest absolute Gasteiger partial charge is 0.347 e. The van der Waals surface area contributed by atoms with Crippen molar-refractivity contribution in [3.63, 3.8) is 0 Å². The summed E-state index contributed by atoms with van der Waals surface area (Å²) in [5.74, 6) is 0. The molecule has 0 aromatic rings. The van der Waals surface area contributed by atoms with Gasteiger partial charge in [-0.3, -0.25) is 0 Å². The summed E-state index contributed by atoms with van der Waals surface area (Å²) in [6.45, 7) is 45.1. The normalized spacial score (nSPS) is 21.5. The highest BCUT2D eigenvalue weighted by Crippen LogP contribution is 2.44. The summed E-state index contributed by atoms with van der Waals surface area (Å²) in [7, 11) is -18.4. The molecule has 0 aliphatic carbocycles. The molecule has 0 aromatic heterocycles. The van der Waals surface area contributed by atoms with E-state index < -0.39 is 81.0 Å². The lowest BCUT2D eigenvalue weighted by Crippen LogP contribution is -2.80. The van der Waals surface area contributed by atoms with E-state index in [1.54, 1.807) is 0 Å². The largest absolute Gasteiger partial charge is 0.668 e. The lowest BCUT2D eigenvalue weighted by molar-refractivity contribution is -0.180. The van der Waals surface area contributed by atoms with Crippen molar-refractivity contribution in [2.45, 2.75) is 211 Å². The van der Waals surface area contributed by atoms with Crippen molar-refractivity contribution >= 4 is 36.2 Å². The zero-order chi connectivity index (χ0) is 38.5. The lowest BCUT2D eigenvalue weighted by atomic mass is 10.2. The molecule has 1 saturated heterocycles. The van der Waals surface area contributed by atoms with Crippen molar-refractivity contribution in [2.75, 3.05) is 0 Å². The monoisotopic (exact) mass is 760 g/mol. The molecule has 1 aliphatic rings. The third kappa shape index (κ3) is 18.2. The van der Waals surface area contributed by atoms with Crippen LogP contribution in [0, 0.1) is 0 Å². The molecule has 16 heteroatoms. The SMILES string of the molecule is CC(C)(C)O[Si]1(OC(C)(C)C)O[Si](OC(C)(C)C)(OC(C)(C)C)O[Si](OC(C)(C)C)(OC(C)(C)C)O[Si](OC(C)(C)C)(OC(C)(C)C)O1. The quantitative estimate of drug-likeness (QED) is 0.222. The highest BCUT2D eigenvalue weighted by Gasteiger charge is 2.79. The van der Waals surface area contributed by atoms with E-state index in [2.05, 4.69) is 0 Å². The maximum Gasteiger partial charge on any atom is 0.668 e. The molecule has 0 bridgehead atoms. The van der Waals surface area contributed by atoms with Gasteiger partial charge in [0.2, 0.25) is 0 Å². The first-order valence-corrected chi connectivity index (χ1v) is 23.4. The van der Waals surface area contributed by atoms with Crippen LogP contribution >= 0.6 is 0 Å². The second kappa shape index (κ2) is 14.3. The van der Waals surface area contributed by atoms with Crippen LogP contribution in [0.15, 0.2) is 0 Å². The molecule has 0 saturated carbocycles. The Hall–Kier alpha value is 0.388. The van der Waals surface area contributed by atoms with Crippen molar-refractivity contribution in [3.8, 4) is 0 Å². The highest BCUT2D eigenvalue weighted by atomic mass is 28.6. The van der Waals surface area contributed by atoms with Gasteiger partial charge in [-0.05, 0) is 166 Å². The third-order valence-corrected chi connectivity index (χ3v) is 19.3. The van der Waals surface area contributed by atoms with Crippen LogP contribution in [0.25, 0.3) is 0 Å². The Morgan fingerprint density at radius 1 is 0.208 bits per heavy atom. The Bertz CT molecular complexity index is 799. The van der Waals surface area contributed by atoms with E-state index in [-0.39, 0.29) is 0 Å². The minimum absolute atomic E-state index is 0.873. The molecule has 0 N–H and O–H groups in total. The minimum atomic E-state index is -4.60. The summed E-state index contributed by atoms with van der Waals surface area (Å²) < 4.78 is 83.1. The van der Waals surface area contributed by atoms with Crippen molar-refractivity contribution in [1.82, 2.24) is 0 Å². The Morgan fingerprint density at radius 2 is 0.292 bits per heavy atom. The van der Waals surface area contributed by atoms with Crippen LogP contribution in [0.5, 0.6) is 0 Å². The van der Waals surface area contributed by atoms with Gasteiger partial charge in [-0.15, -0.1) is 0 Å². The zero-order valence-corrected chi connectivity index (χ0v) is 38.9. The van der Waals surface area contributed by atoms with Gasteiger partial charge in [0.15, 0.2) is 0 Å². The van der Waals surface area contributed by atoms with Crippen molar-refractivity contribution in [2.24, 2.45) is 0 Å². The Labute approximate surface area is 298 Å². The van der Waals surface area contributed by atoms with Gasteiger partial charge in [-0.1, -0.05) is 0 Å². The standard InChI is InChI=1S/C32H72O12Si4/c1-25(2,3)33-45(34-26(4,5)6)41-46(35-27(7,8)9,36-28(10,11)12)43-48(39-31(19,20)21,40-32(22,23)24)44-47(42-45,37-29(13,14)15)38-30(16,17)18/h1-24H3. The molecule has 0 atom stereocenters. The predicted octanol–water partition coefficient (Wildman–Crippen LogP) is 8.33. The van der Waals surface area contributed by atoms with E-state index in [4.69, 9.17) is 51.9 Å². The average Bonchev–Trinajstić information content (AvgIpc) is 2.52. The second-order valence-corrected chi connectivity index (χ2v) is 29.0. The molecular weight excluding hydrogens is 689 g/mol. The fraction of sp³-hybridized carbons (Fsp3) is 1.00. The van der Waals surface area contributed by atoms with Crippen molar-refractivity contribution in [3.05, 3.63) is 0 Å². The lowest BCUT2D eigenvalue weighted by Gasteiger charge is -2.52. The third-order valence-electron chi connectivity index (χ3n) is 4.45. The van der Waals surface area contributed by atoms with Gasteiger partial charge in [-0.25, -0.2) is 0 Å². The number of hydrogen-bond acceptors (Lipinski definition) is 12.